The number of methoxy groups -OCH3 is 1. The first kappa shape index (κ1) is 20.6. The molecule has 1 atom stereocenters. The highest BCUT2D eigenvalue weighted by Crippen LogP contribution is 2.23. The predicted octanol–water partition coefficient (Wildman–Crippen LogP) is 3.33. The first-order chi connectivity index (χ1) is 14.5. The number of ether oxygens (including phenoxy) is 1. The maximum absolute atomic E-state index is 14.0. The summed E-state index contributed by atoms with van der Waals surface area (Å²) in [6, 6.07) is 12.2. The Hall–Kier alpha value is -2.64. The minimum Gasteiger partial charge on any atom is -0.497 e. The van der Waals surface area contributed by atoms with Crippen LogP contribution in [-0.4, -0.2) is 60.8 Å². The second-order valence-electron chi connectivity index (χ2n) is 7.37. The van der Waals surface area contributed by atoms with Crippen LogP contribution in [0.4, 0.5) is 4.39 Å². The fourth-order valence-corrected chi connectivity index (χ4v) is 3.92. The zero-order valence-electron chi connectivity index (χ0n) is 16.7. The smallest absolute Gasteiger partial charge is 0.266 e. The summed E-state index contributed by atoms with van der Waals surface area (Å²) >= 11 is 6.13. The molecule has 8 heteroatoms. The van der Waals surface area contributed by atoms with Crippen molar-refractivity contribution in [1.29, 1.82) is 0 Å². The van der Waals surface area contributed by atoms with Crippen molar-refractivity contribution < 1.29 is 18.8 Å². The standard InChI is InChI=1S/C22H23ClFN3O3/c1-29-16-7-5-15(6-8-16)20-13-21(30-25-20)22(28)27-11-9-26(10-12-27)14-17-18(23)3-2-4-19(17)24/h2-8,21H,9-14H2,1H3. The van der Waals surface area contributed by atoms with Crippen LogP contribution in [0.25, 0.3) is 0 Å². The number of halogens is 2. The molecule has 0 N–H and O–H groups in total. The molecular formula is C22H23ClFN3O3. The highest BCUT2D eigenvalue weighted by molar-refractivity contribution is 6.31. The number of nitrogens with zero attached hydrogens (tertiary/aromatic N) is 3. The van der Waals surface area contributed by atoms with Crippen LogP contribution < -0.4 is 4.74 Å². The number of hydrogen-bond acceptors (Lipinski definition) is 5. The van der Waals surface area contributed by atoms with Gasteiger partial charge in [-0.25, -0.2) is 4.39 Å². The average molecular weight is 432 g/mol. The lowest BCUT2D eigenvalue weighted by Gasteiger charge is -2.35. The Kier molecular flexibility index (Phi) is 6.20. The Bertz CT molecular complexity index is 923. The third-order valence-electron chi connectivity index (χ3n) is 5.49. The first-order valence-corrected chi connectivity index (χ1v) is 10.2. The fourth-order valence-electron chi connectivity index (χ4n) is 3.70. The van der Waals surface area contributed by atoms with Gasteiger partial charge in [-0.05, 0) is 42.0 Å². The quantitative estimate of drug-likeness (QED) is 0.728. The molecule has 2 aromatic carbocycles. The number of benzene rings is 2. The Balaban J connectivity index is 1.29. The predicted molar refractivity (Wildman–Crippen MR) is 112 cm³/mol. The van der Waals surface area contributed by atoms with E-state index in [9.17, 15) is 9.18 Å². The summed E-state index contributed by atoms with van der Waals surface area (Å²) in [5, 5.41) is 4.54. The number of oxime groups is 1. The van der Waals surface area contributed by atoms with Crippen LogP contribution in [0.3, 0.4) is 0 Å². The van der Waals surface area contributed by atoms with E-state index < -0.39 is 6.10 Å². The average Bonchev–Trinajstić information content (AvgIpc) is 3.27. The van der Waals surface area contributed by atoms with Crippen LogP contribution in [0.15, 0.2) is 47.6 Å². The molecule has 2 aliphatic rings. The summed E-state index contributed by atoms with van der Waals surface area (Å²) in [4.78, 5) is 22.2. The first-order valence-electron chi connectivity index (χ1n) is 9.86. The van der Waals surface area contributed by atoms with Crippen molar-refractivity contribution in [2.45, 2.75) is 19.1 Å². The number of amides is 1. The zero-order valence-corrected chi connectivity index (χ0v) is 17.4. The molecule has 4 rings (SSSR count). The summed E-state index contributed by atoms with van der Waals surface area (Å²) in [6.45, 7) is 2.84. The van der Waals surface area contributed by atoms with Crippen molar-refractivity contribution in [3.05, 3.63) is 64.4 Å². The van der Waals surface area contributed by atoms with Gasteiger partial charge < -0.3 is 14.5 Å². The molecule has 1 unspecified atom stereocenters. The van der Waals surface area contributed by atoms with Gasteiger partial charge in [0.25, 0.3) is 5.91 Å². The summed E-state index contributed by atoms with van der Waals surface area (Å²) in [6.07, 6.45) is -0.161. The van der Waals surface area contributed by atoms with E-state index in [2.05, 4.69) is 10.1 Å². The van der Waals surface area contributed by atoms with Gasteiger partial charge in [0.2, 0.25) is 6.10 Å². The molecule has 0 bridgehead atoms. The van der Waals surface area contributed by atoms with Crippen molar-refractivity contribution in [2.24, 2.45) is 5.16 Å². The van der Waals surface area contributed by atoms with E-state index >= 15 is 0 Å². The summed E-state index contributed by atoms with van der Waals surface area (Å²) in [5.41, 5.74) is 2.16. The highest BCUT2D eigenvalue weighted by Gasteiger charge is 2.34. The van der Waals surface area contributed by atoms with Crippen molar-refractivity contribution in [2.75, 3.05) is 33.3 Å². The Morgan fingerprint density at radius 2 is 1.93 bits per heavy atom. The van der Waals surface area contributed by atoms with Crippen LogP contribution in [-0.2, 0) is 16.2 Å². The molecule has 6 nitrogen and oxygen atoms in total. The maximum Gasteiger partial charge on any atom is 0.266 e. The molecule has 0 spiro atoms. The molecule has 0 radical (unpaired) electrons. The highest BCUT2D eigenvalue weighted by atomic mass is 35.5. The summed E-state index contributed by atoms with van der Waals surface area (Å²) in [7, 11) is 1.62. The molecule has 0 saturated carbocycles. The van der Waals surface area contributed by atoms with E-state index in [1.165, 1.54) is 6.07 Å². The number of hydrogen-bond donors (Lipinski definition) is 0. The molecule has 2 heterocycles. The SMILES string of the molecule is COc1ccc(C2=NOC(C(=O)N3CCN(Cc4c(F)cccc4Cl)CC3)C2)cc1. The monoisotopic (exact) mass is 431 g/mol. The zero-order chi connectivity index (χ0) is 21.1. The fraction of sp³-hybridized carbons (Fsp3) is 0.364. The lowest BCUT2D eigenvalue weighted by Crippen LogP contribution is -2.51. The van der Waals surface area contributed by atoms with E-state index in [0.29, 0.717) is 49.7 Å². The minimum atomic E-state index is -0.602. The molecule has 1 saturated heterocycles. The van der Waals surface area contributed by atoms with Crippen molar-refractivity contribution in [3.8, 4) is 5.75 Å². The lowest BCUT2D eigenvalue weighted by atomic mass is 10.0. The van der Waals surface area contributed by atoms with E-state index in [1.807, 2.05) is 24.3 Å². The second-order valence-corrected chi connectivity index (χ2v) is 7.77. The van der Waals surface area contributed by atoms with Gasteiger partial charge in [0, 0.05) is 49.7 Å². The van der Waals surface area contributed by atoms with E-state index in [-0.39, 0.29) is 11.7 Å². The van der Waals surface area contributed by atoms with Gasteiger partial charge in [0.05, 0.1) is 12.8 Å². The maximum atomic E-state index is 14.0. The molecule has 2 aromatic rings. The minimum absolute atomic E-state index is 0.0640. The van der Waals surface area contributed by atoms with Crippen molar-refractivity contribution in [3.63, 3.8) is 0 Å². The molecule has 158 valence electrons. The van der Waals surface area contributed by atoms with Gasteiger partial charge in [0.1, 0.15) is 11.6 Å². The molecule has 0 aliphatic carbocycles. The normalized spacial score (nSPS) is 19.4. The molecule has 0 aromatic heterocycles. The topological polar surface area (TPSA) is 54.4 Å². The van der Waals surface area contributed by atoms with E-state index in [4.69, 9.17) is 21.2 Å². The number of rotatable bonds is 5. The van der Waals surface area contributed by atoms with Crippen molar-refractivity contribution >= 4 is 23.2 Å². The van der Waals surface area contributed by atoms with Crippen LogP contribution in [0.2, 0.25) is 5.02 Å². The second kappa shape index (κ2) is 9.02. The van der Waals surface area contributed by atoms with Crippen LogP contribution in [0.5, 0.6) is 5.75 Å². The van der Waals surface area contributed by atoms with Gasteiger partial charge in [0.15, 0.2) is 0 Å². The van der Waals surface area contributed by atoms with Gasteiger partial charge in [-0.3, -0.25) is 9.69 Å². The Labute approximate surface area is 179 Å². The van der Waals surface area contributed by atoms with Crippen LogP contribution >= 0.6 is 11.6 Å². The third-order valence-corrected chi connectivity index (χ3v) is 5.85. The molecular weight excluding hydrogens is 409 g/mol. The van der Waals surface area contributed by atoms with Crippen molar-refractivity contribution in [1.82, 2.24) is 9.80 Å². The molecule has 1 amide bonds. The van der Waals surface area contributed by atoms with Crippen LogP contribution in [0.1, 0.15) is 17.5 Å². The van der Waals surface area contributed by atoms with Gasteiger partial charge in [-0.15, -0.1) is 0 Å². The lowest BCUT2D eigenvalue weighted by molar-refractivity contribution is -0.143. The summed E-state index contributed by atoms with van der Waals surface area (Å²) in [5.74, 6) is 0.398. The number of carbonyl (C=O) groups is 1. The molecule has 2 aliphatic heterocycles. The Morgan fingerprint density at radius 1 is 1.20 bits per heavy atom. The summed E-state index contributed by atoms with van der Waals surface area (Å²) < 4.78 is 19.2. The molecule has 1 fully saturated rings. The van der Waals surface area contributed by atoms with Gasteiger partial charge in [-0.2, -0.15) is 0 Å². The number of carbonyl (C=O) groups excluding carboxylic acids is 1. The molecule has 30 heavy (non-hydrogen) atoms. The van der Waals surface area contributed by atoms with Gasteiger partial charge in [-0.1, -0.05) is 22.8 Å². The third kappa shape index (κ3) is 4.42. The Morgan fingerprint density at radius 3 is 2.60 bits per heavy atom. The van der Waals surface area contributed by atoms with E-state index in [1.54, 1.807) is 24.1 Å². The largest absolute Gasteiger partial charge is 0.497 e. The van der Waals surface area contributed by atoms with Gasteiger partial charge >= 0.3 is 0 Å². The van der Waals surface area contributed by atoms with E-state index in [0.717, 1.165) is 17.0 Å². The number of piperazine rings is 1. The van der Waals surface area contributed by atoms with Crippen LogP contribution in [0, 0.1) is 5.82 Å².